The Labute approximate surface area is 131 Å². The van der Waals surface area contributed by atoms with E-state index in [-0.39, 0.29) is 6.79 Å². The fraction of sp³-hybridized carbons (Fsp3) is 0.125. The summed E-state index contributed by atoms with van der Waals surface area (Å²) in [4.78, 5) is 0. The number of nitrogens with one attached hydrogen (secondary N) is 1. The molecule has 0 atom stereocenters. The minimum Gasteiger partial charge on any atom is -0.454 e. The van der Waals surface area contributed by atoms with Crippen LogP contribution in [-0.2, 0) is 6.54 Å². The van der Waals surface area contributed by atoms with E-state index < -0.39 is 0 Å². The molecule has 1 aliphatic heterocycles. The van der Waals surface area contributed by atoms with Gasteiger partial charge in [0.25, 0.3) is 0 Å². The van der Waals surface area contributed by atoms with Crippen LogP contribution in [0, 0.1) is 0 Å². The lowest BCUT2D eigenvalue weighted by Gasteiger charge is -2.09. The maximum absolute atomic E-state index is 6.27. The highest BCUT2D eigenvalue weighted by atomic mass is 35.5. The van der Waals surface area contributed by atoms with Crippen LogP contribution in [0.3, 0.4) is 0 Å². The predicted octanol–water partition coefficient (Wildman–Crippen LogP) is 4.90. The molecule has 3 aromatic rings. The van der Waals surface area contributed by atoms with Crippen molar-refractivity contribution in [2.24, 2.45) is 0 Å². The predicted molar refractivity (Wildman–Crippen MR) is 86.7 cm³/mol. The summed E-state index contributed by atoms with van der Waals surface area (Å²) in [6.07, 6.45) is 0. The summed E-state index contributed by atoms with van der Waals surface area (Å²) in [5.41, 5.74) is 2.13. The standard InChI is InChI=1S/C16H12ClNO2S/c17-12-5-14-15(20-9-19-14)6-13(12)18-7-10-8-21-16-4-2-1-3-11(10)16/h1-6,8,18H,7,9H2. The SMILES string of the molecule is Clc1cc2c(cc1NCc1csc3ccccc13)OCO2. The van der Waals surface area contributed by atoms with Gasteiger partial charge in [0.1, 0.15) is 0 Å². The Hall–Kier alpha value is -1.91. The minimum absolute atomic E-state index is 0.254. The van der Waals surface area contributed by atoms with Crippen molar-refractivity contribution in [1.82, 2.24) is 0 Å². The van der Waals surface area contributed by atoms with Crippen molar-refractivity contribution in [3.05, 3.63) is 52.4 Å². The highest BCUT2D eigenvalue weighted by Crippen LogP contribution is 2.39. The number of ether oxygens (including phenoxy) is 2. The highest BCUT2D eigenvalue weighted by molar-refractivity contribution is 7.17. The van der Waals surface area contributed by atoms with Crippen LogP contribution in [0.15, 0.2) is 41.8 Å². The van der Waals surface area contributed by atoms with Crippen LogP contribution < -0.4 is 14.8 Å². The lowest BCUT2D eigenvalue weighted by Crippen LogP contribution is -1.99. The first kappa shape index (κ1) is 12.8. The molecule has 0 fully saturated rings. The first-order chi connectivity index (χ1) is 10.3. The Bertz CT molecular complexity index is 815. The average Bonchev–Trinajstić information content (AvgIpc) is 3.11. The van der Waals surface area contributed by atoms with Gasteiger partial charge in [0, 0.05) is 23.4 Å². The molecule has 0 radical (unpaired) electrons. The smallest absolute Gasteiger partial charge is 0.231 e. The van der Waals surface area contributed by atoms with Crippen LogP contribution in [0.5, 0.6) is 11.5 Å². The second-order valence-electron chi connectivity index (χ2n) is 4.80. The van der Waals surface area contributed by atoms with E-state index in [2.05, 4.69) is 35.0 Å². The molecule has 21 heavy (non-hydrogen) atoms. The molecule has 0 bridgehead atoms. The largest absolute Gasteiger partial charge is 0.454 e. The van der Waals surface area contributed by atoms with Crippen LogP contribution in [0.25, 0.3) is 10.1 Å². The van der Waals surface area contributed by atoms with Crippen molar-refractivity contribution in [1.29, 1.82) is 0 Å². The van der Waals surface area contributed by atoms with Gasteiger partial charge in [-0.1, -0.05) is 29.8 Å². The topological polar surface area (TPSA) is 30.5 Å². The molecule has 0 aliphatic carbocycles. The Balaban J connectivity index is 1.60. The lowest BCUT2D eigenvalue weighted by atomic mass is 10.2. The van der Waals surface area contributed by atoms with Crippen molar-refractivity contribution >= 4 is 38.7 Å². The fourth-order valence-electron chi connectivity index (χ4n) is 2.41. The molecule has 0 amide bonds. The third-order valence-corrected chi connectivity index (χ3v) is 4.82. The molecule has 1 aromatic heterocycles. The number of hydrogen-bond acceptors (Lipinski definition) is 4. The van der Waals surface area contributed by atoms with Gasteiger partial charge in [-0.25, -0.2) is 0 Å². The van der Waals surface area contributed by atoms with Gasteiger partial charge in [0.05, 0.1) is 10.7 Å². The van der Waals surface area contributed by atoms with Crippen molar-refractivity contribution in [3.63, 3.8) is 0 Å². The number of fused-ring (bicyclic) bond motifs is 2. The lowest BCUT2D eigenvalue weighted by molar-refractivity contribution is 0.174. The van der Waals surface area contributed by atoms with Crippen LogP contribution in [-0.4, -0.2) is 6.79 Å². The molecule has 106 valence electrons. The van der Waals surface area contributed by atoms with E-state index in [0.29, 0.717) is 10.8 Å². The summed E-state index contributed by atoms with van der Waals surface area (Å²) in [5, 5.41) is 7.48. The van der Waals surface area contributed by atoms with E-state index in [4.69, 9.17) is 21.1 Å². The summed E-state index contributed by atoms with van der Waals surface area (Å²) in [6.45, 7) is 0.980. The first-order valence-electron chi connectivity index (χ1n) is 6.59. The van der Waals surface area contributed by atoms with E-state index in [1.54, 1.807) is 17.4 Å². The average molecular weight is 318 g/mol. The maximum Gasteiger partial charge on any atom is 0.231 e. The fourth-order valence-corrected chi connectivity index (χ4v) is 3.60. The Morgan fingerprint density at radius 2 is 1.95 bits per heavy atom. The molecule has 5 heteroatoms. The zero-order valence-corrected chi connectivity index (χ0v) is 12.6. The molecular weight excluding hydrogens is 306 g/mol. The normalized spacial score (nSPS) is 12.8. The number of rotatable bonds is 3. The summed E-state index contributed by atoms with van der Waals surface area (Å²) in [5.74, 6) is 1.43. The van der Waals surface area contributed by atoms with Gasteiger partial charge in [0.15, 0.2) is 11.5 Å². The molecule has 0 spiro atoms. The summed E-state index contributed by atoms with van der Waals surface area (Å²) in [7, 11) is 0. The summed E-state index contributed by atoms with van der Waals surface area (Å²) >= 11 is 8.03. The van der Waals surface area contributed by atoms with E-state index in [0.717, 1.165) is 18.0 Å². The number of benzene rings is 2. The van der Waals surface area contributed by atoms with Gasteiger partial charge in [-0.15, -0.1) is 11.3 Å². The van der Waals surface area contributed by atoms with Crippen molar-refractivity contribution < 1.29 is 9.47 Å². The molecular formula is C16H12ClNO2S. The van der Waals surface area contributed by atoms with Gasteiger partial charge < -0.3 is 14.8 Å². The molecule has 4 rings (SSSR count). The second kappa shape index (κ2) is 5.13. The Kier molecular flexibility index (Phi) is 3.13. The van der Waals surface area contributed by atoms with Gasteiger partial charge in [-0.2, -0.15) is 0 Å². The van der Waals surface area contributed by atoms with Crippen LogP contribution in [0.2, 0.25) is 5.02 Å². The Morgan fingerprint density at radius 3 is 2.86 bits per heavy atom. The molecule has 0 saturated heterocycles. The highest BCUT2D eigenvalue weighted by Gasteiger charge is 2.16. The summed E-state index contributed by atoms with van der Waals surface area (Å²) < 4.78 is 12.0. The maximum atomic E-state index is 6.27. The van der Waals surface area contributed by atoms with E-state index in [1.807, 2.05) is 6.07 Å². The van der Waals surface area contributed by atoms with Crippen molar-refractivity contribution in [3.8, 4) is 11.5 Å². The van der Waals surface area contributed by atoms with Crippen LogP contribution >= 0.6 is 22.9 Å². The molecule has 1 aliphatic rings. The minimum atomic E-state index is 0.254. The zero-order valence-electron chi connectivity index (χ0n) is 11.1. The van der Waals surface area contributed by atoms with Gasteiger partial charge in [-0.3, -0.25) is 0 Å². The van der Waals surface area contributed by atoms with E-state index >= 15 is 0 Å². The second-order valence-corrected chi connectivity index (χ2v) is 6.11. The zero-order chi connectivity index (χ0) is 14.2. The van der Waals surface area contributed by atoms with Crippen molar-refractivity contribution in [2.45, 2.75) is 6.54 Å². The third kappa shape index (κ3) is 2.30. The van der Waals surface area contributed by atoms with Gasteiger partial charge in [0.2, 0.25) is 6.79 Å². The quantitative estimate of drug-likeness (QED) is 0.745. The monoisotopic (exact) mass is 317 g/mol. The number of hydrogen-bond donors (Lipinski definition) is 1. The Morgan fingerprint density at radius 1 is 1.14 bits per heavy atom. The number of anilines is 1. The van der Waals surface area contributed by atoms with Gasteiger partial charge in [-0.05, 0) is 22.4 Å². The summed E-state index contributed by atoms with van der Waals surface area (Å²) in [6, 6.07) is 12.1. The first-order valence-corrected chi connectivity index (χ1v) is 7.85. The molecule has 2 aromatic carbocycles. The van der Waals surface area contributed by atoms with Crippen molar-refractivity contribution in [2.75, 3.05) is 12.1 Å². The number of halogens is 1. The van der Waals surface area contributed by atoms with Crippen LogP contribution in [0.4, 0.5) is 5.69 Å². The molecule has 0 unspecified atom stereocenters. The molecule has 2 heterocycles. The number of thiophene rings is 1. The molecule has 1 N–H and O–H groups in total. The van der Waals surface area contributed by atoms with E-state index in [1.165, 1.54) is 15.6 Å². The molecule has 3 nitrogen and oxygen atoms in total. The molecule has 0 saturated carbocycles. The van der Waals surface area contributed by atoms with E-state index in [9.17, 15) is 0 Å². The van der Waals surface area contributed by atoms with Gasteiger partial charge >= 0.3 is 0 Å². The van der Waals surface area contributed by atoms with Crippen LogP contribution in [0.1, 0.15) is 5.56 Å². The third-order valence-electron chi connectivity index (χ3n) is 3.49.